The molecule has 0 bridgehead atoms. The van der Waals surface area contributed by atoms with Crippen LogP contribution in [-0.4, -0.2) is 29.4 Å². The molecule has 1 aliphatic heterocycles. The van der Waals surface area contributed by atoms with E-state index in [4.69, 9.17) is 0 Å². The first-order valence-electron chi connectivity index (χ1n) is 7.82. The van der Waals surface area contributed by atoms with E-state index in [1.165, 1.54) is 23.2 Å². The van der Waals surface area contributed by atoms with Crippen molar-refractivity contribution in [1.29, 1.82) is 0 Å². The average molecular weight is 284 g/mol. The number of hydrogen-bond donors (Lipinski definition) is 1. The molecule has 21 heavy (non-hydrogen) atoms. The van der Waals surface area contributed by atoms with Crippen LogP contribution in [0.15, 0.2) is 36.7 Å². The summed E-state index contributed by atoms with van der Waals surface area (Å²) in [5.41, 5.74) is 4.14. The SMILES string of the molecule is CCNC1CCN(CCc2cnn(C)c2)c2ccccc21. The van der Waals surface area contributed by atoms with Crippen LogP contribution in [0.4, 0.5) is 5.69 Å². The number of fused-ring (bicyclic) bond motifs is 1. The topological polar surface area (TPSA) is 33.1 Å². The van der Waals surface area contributed by atoms with Crippen molar-refractivity contribution in [2.45, 2.75) is 25.8 Å². The summed E-state index contributed by atoms with van der Waals surface area (Å²) in [5.74, 6) is 0. The quantitative estimate of drug-likeness (QED) is 0.916. The zero-order valence-electron chi connectivity index (χ0n) is 12.9. The van der Waals surface area contributed by atoms with Crippen LogP contribution in [0, 0.1) is 0 Å². The Morgan fingerprint density at radius 3 is 2.95 bits per heavy atom. The van der Waals surface area contributed by atoms with E-state index in [1.54, 1.807) is 0 Å². The van der Waals surface area contributed by atoms with E-state index in [0.717, 1.165) is 26.1 Å². The predicted octanol–water partition coefficient (Wildman–Crippen LogP) is 2.52. The predicted molar refractivity (Wildman–Crippen MR) is 86.6 cm³/mol. The molecule has 4 heteroatoms. The lowest BCUT2D eigenvalue weighted by Crippen LogP contribution is -2.36. The monoisotopic (exact) mass is 284 g/mol. The molecule has 0 saturated heterocycles. The molecule has 0 aliphatic carbocycles. The average Bonchev–Trinajstić information content (AvgIpc) is 2.92. The fourth-order valence-electron chi connectivity index (χ4n) is 3.19. The Labute approximate surface area is 126 Å². The van der Waals surface area contributed by atoms with Gasteiger partial charge in [-0.25, -0.2) is 0 Å². The molecular weight excluding hydrogens is 260 g/mol. The maximum absolute atomic E-state index is 4.25. The molecule has 1 unspecified atom stereocenters. The first-order chi connectivity index (χ1) is 10.3. The third-order valence-corrected chi connectivity index (χ3v) is 4.22. The van der Waals surface area contributed by atoms with E-state index in [1.807, 2.05) is 17.9 Å². The van der Waals surface area contributed by atoms with Gasteiger partial charge >= 0.3 is 0 Å². The minimum absolute atomic E-state index is 0.501. The Balaban J connectivity index is 1.73. The molecule has 0 fully saturated rings. The molecule has 1 aromatic heterocycles. The molecule has 2 aromatic rings. The second kappa shape index (κ2) is 6.31. The largest absolute Gasteiger partial charge is 0.371 e. The summed E-state index contributed by atoms with van der Waals surface area (Å²) >= 11 is 0. The van der Waals surface area contributed by atoms with Crippen molar-refractivity contribution < 1.29 is 0 Å². The highest BCUT2D eigenvalue weighted by Gasteiger charge is 2.23. The molecule has 4 nitrogen and oxygen atoms in total. The Morgan fingerprint density at radius 2 is 2.19 bits per heavy atom. The molecule has 0 saturated carbocycles. The number of anilines is 1. The van der Waals surface area contributed by atoms with Crippen molar-refractivity contribution in [3.05, 3.63) is 47.8 Å². The van der Waals surface area contributed by atoms with Gasteiger partial charge in [0.2, 0.25) is 0 Å². The van der Waals surface area contributed by atoms with Crippen molar-refractivity contribution in [3.63, 3.8) is 0 Å². The number of nitrogens with zero attached hydrogens (tertiary/aromatic N) is 3. The number of nitrogens with one attached hydrogen (secondary N) is 1. The summed E-state index contributed by atoms with van der Waals surface area (Å²) in [4.78, 5) is 2.51. The summed E-state index contributed by atoms with van der Waals surface area (Å²) in [7, 11) is 1.97. The third-order valence-electron chi connectivity index (χ3n) is 4.22. The Hall–Kier alpha value is -1.81. The second-order valence-corrected chi connectivity index (χ2v) is 5.72. The van der Waals surface area contributed by atoms with E-state index < -0.39 is 0 Å². The van der Waals surface area contributed by atoms with Gasteiger partial charge in [-0.2, -0.15) is 5.10 Å². The van der Waals surface area contributed by atoms with Gasteiger partial charge in [0.05, 0.1) is 6.20 Å². The van der Waals surface area contributed by atoms with Gasteiger partial charge in [0.1, 0.15) is 0 Å². The minimum atomic E-state index is 0.501. The van der Waals surface area contributed by atoms with Crippen LogP contribution >= 0.6 is 0 Å². The highest BCUT2D eigenvalue weighted by molar-refractivity contribution is 5.57. The molecule has 0 amide bonds. The zero-order valence-corrected chi connectivity index (χ0v) is 12.9. The molecule has 1 aliphatic rings. The summed E-state index contributed by atoms with van der Waals surface area (Å²) in [5, 5.41) is 7.85. The third kappa shape index (κ3) is 3.10. The molecule has 112 valence electrons. The van der Waals surface area contributed by atoms with Gasteiger partial charge in [-0.3, -0.25) is 4.68 Å². The fraction of sp³-hybridized carbons (Fsp3) is 0.471. The molecule has 1 atom stereocenters. The molecule has 1 N–H and O–H groups in total. The van der Waals surface area contributed by atoms with Crippen molar-refractivity contribution in [3.8, 4) is 0 Å². The molecule has 2 heterocycles. The van der Waals surface area contributed by atoms with E-state index in [9.17, 15) is 0 Å². The van der Waals surface area contributed by atoms with Crippen molar-refractivity contribution in [2.75, 3.05) is 24.5 Å². The lowest BCUT2D eigenvalue weighted by molar-refractivity contribution is 0.490. The summed E-state index contributed by atoms with van der Waals surface area (Å²) in [6, 6.07) is 9.31. The van der Waals surface area contributed by atoms with E-state index >= 15 is 0 Å². The van der Waals surface area contributed by atoms with Gasteiger partial charge in [0.15, 0.2) is 0 Å². The van der Waals surface area contributed by atoms with Gasteiger partial charge in [-0.1, -0.05) is 25.1 Å². The van der Waals surface area contributed by atoms with E-state index in [-0.39, 0.29) is 0 Å². The molecule has 0 radical (unpaired) electrons. The van der Waals surface area contributed by atoms with Crippen LogP contribution in [0.2, 0.25) is 0 Å². The lowest BCUT2D eigenvalue weighted by atomic mass is 9.96. The number of aromatic nitrogens is 2. The molecule has 3 rings (SSSR count). The van der Waals surface area contributed by atoms with Crippen LogP contribution in [0.5, 0.6) is 0 Å². The maximum atomic E-state index is 4.25. The van der Waals surface area contributed by atoms with Crippen LogP contribution in [0.3, 0.4) is 0 Å². The van der Waals surface area contributed by atoms with Gasteiger partial charge in [0, 0.05) is 38.1 Å². The fourth-order valence-corrected chi connectivity index (χ4v) is 3.19. The maximum Gasteiger partial charge on any atom is 0.0522 e. The first-order valence-corrected chi connectivity index (χ1v) is 7.82. The number of benzene rings is 1. The summed E-state index contributed by atoms with van der Waals surface area (Å²) in [6.07, 6.45) is 6.31. The van der Waals surface area contributed by atoms with E-state index in [0.29, 0.717) is 6.04 Å². The smallest absolute Gasteiger partial charge is 0.0522 e. The second-order valence-electron chi connectivity index (χ2n) is 5.72. The van der Waals surface area contributed by atoms with Crippen LogP contribution in [0.1, 0.15) is 30.5 Å². The lowest BCUT2D eigenvalue weighted by Gasteiger charge is -2.36. The van der Waals surface area contributed by atoms with Gasteiger partial charge in [0.25, 0.3) is 0 Å². The summed E-state index contributed by atoms with van der Waals surface area (Å²) in [6.45, 7) is 5.38. The van der Waals surface area contributed by atoms with Gasteiger partial charge in [-0.15, -0.1) is 0 Å². The van der Waals surface area contributed by atoms with Crippen molar-refractivity contribution in [1.82, 2.24) is 15.1 Å². The summed E-state index contributed by atoms with van der Waals surface area (Å²) < 4.78 is 1.88. The normalized spacial score (nSPS) is 17.8. The first kappa shape index (κ1) is 14.1. The molecule has 0 spiro atoms. The van der Waals surface area contributed by atoms with Crippen molar-refractivity contribution >= 4 is 5.69 Å². The number of aryl methyl sites for hydroxylation is 1. The van der Waals surface area contributed by atoms with Gasteiger partial charge < -0.3 is 10.2 Å². The number of rotatable bonds is 5. The molecular formula is C17H24N4. The van der Waals surface area contributed by atoms with Crippen LogP contribution in [0.25, 0.3) is 0 Å². The number of para-hydroxylation sites is 1. The standard InChI is InChI=1S/C17H24N4/c1-3-18-16-9-11-21(17-7-5-4-6-15(16)17)10-8-14-12-19-20(2)13-14/h4-7,12-13,16,18H,3,8-11H2,1-2H3. The highest BCUT2D eigenvalue weighted by atomic mass is 15.2. The van der Waals surface area contributed by atoms with Crippen LogP contribution in [-0.2, 0) is 13.5 Å². The van der Waals surface area contributed by atoms with Gasteiger partial charge in [-0.05, 0) is 36.6 Å². The Morgan fingerprint density at radius 1 is 1.33 bits per heavy atom. The van der Waals surface area contributed by atoms with Crippen molar-refractivity contribution in [2.24, 2.45) is 7.05 Å². The Kier molecular flexibility index (Phi) is 4.25. The highest BCUT2D eigenvalue weighted by Crippen LogP contribution is 2.33. The van der Waals surface area contributed by atoms with Crippen LogP contribution < -0.4 is 10.2 Å². The molecule has 1 aromatic carbocycles. The minimum Gasteiger partial charge on any atom is -0.371 e. The van der Waals surface area contributed by atoms with E-state index in [2.05, 4.69) is 52.7 Å². The Bertz CT molecular complexity index is 590. The number of hydrogen-bond acceptors (Lipinski definition) is 3. The zero-order chi connectivity index (χ0) is 14.7.